The summed E-state index contributed by atoms with van der Waals surface area (Å²) in [5.41, 5.74) is 0.122. The molecule has 0 saturated carbocycles. The van der Waals surface area contributed by atoms with E-state index >= 15 is 0 Å². The highest BCUT2D eigenvalue weighted by molar-refractivity contribution is 7.99. The molecule has 3 nitrogen and oxygen atoms in total. The van der Waals surface area contributed by atoms with Crippen molar-refractivity contribution < 1.29 is 13.6 Å². The number of halogens is 2. The number of carbonyl (C=O) groups is 1. The molecule has 0 fully saturated rings. The molecule has 1 aliphatic heterocycles. The van der Waals surface area contributed by atoms with Gasteiger partial charge >= 0.3 is 0 Å². The molecule has 1 aliphatic rings. The molecule has 1 N–H and O–H groups in total. The Labute approximate surface area is 130 Å². The summed E-state index contributed by atoms with van der Waals surface area (Å²) in [5.74, 6) is -2.27. The van der Waals surface area contributed by atoms with Crippen LogP contribution < -0.4 is 5.32 Å². The lowest BCUT2D eigenvalue weighted by Crippen LogP contribution is -2.30. The minimum absolute atomic E-state index is 0.159. The summed E-state index contributed by atoms with van der Waals surface area (Å²) in [6, 6.07) is 10.6. The maximum atomic E-state index is 13.9. The first-order chi connectivity index (χ1) is 10.6. The van der Waals surface area contributed by atoms with Crippen LogP contribution in [0.15, 0.2) is 41.3 Å². The van der Waals surface area contributed by atoms with Gasteiger partial charge in [0.05, 0.1) is 17.7 Å². The van der Waals surface area contributed by atoms with Gasteiger partial charge in [-0.1, -0.05) is 18.2 Å². The van der Waals surface area contributed by atoms with Crippen LogP contribution in [0.25, 0.3) is 0 Å². The van der Waals surface area contributed by atoms with E-state index in [0.717, 1.165) is 22.6 Å². The summed E-state index contributed by atoms with van der Waals surface area (Å²) < 4.78 is 27.7. The molecular weight excluding hydrogens is 306 g/mol. The number of fused-ring (bicyclic) bond motifs is 1. The van der Waals surface area contributed by atoms with Gasteiger partial charge in [0.25, 0.3) is 5.91 Å². The van der Waals surface area contributed by atoms with Crippen molar-refractivity contribution in [2.24, 2.45) is 0 Å². The SMILES string of the molecule is N#Cc1cc(F)c(C(=O)N[C@@H]2CSc3ccccc32)c(F)c1. The molecule has 3 rings (SSSR count). The van der Waals surface area contributed by atoms with Crippen LogP contribution >= 0.6 is 11.8 Å². The Balaban J connectivity index is 1.87. The van der Waals surface area contributed by atoms with Gasteiger partial charge < -0.3 is 5.32 Å². The number of thioether (sulfide) groups is 1. The average Bonchev–Trinajstić information content (AvgIpc) is 2.89. The number of amides is 1. The normalized spacial score (nSPS) is 16.0. The first kappa shape index (κ1) is 14.5. The van der Waals surface area contributed by atoms with Gasteiger partial charge in [-0.15, -0.1) is 11.8 Å². The van der Waals surface area contributed by atoms with Crippen molar-refractivity contribution in [3.63, 3.8) is 0 Å². The van der Waals surface area contributed by atoms with Crippen LogP contribution in [0.3, 0.4) is 0 Å². The smallest absolute Gasteiger partial charge is 0.257 e. The molecule has 0 saturated heterocycles. The van der Waals surface area contributed by atoms with E-state index in [9.17, 15) is 13.6 Å². The van der Waals surface area contributed by atoms with Crippen LogP contribution in [0, 0.1) is 23.0 Å². The molecule has 6 heteroatoms. The van der Waals surface area contributed by atoms with E-state index in [4.69, 9.17) is 5.26 Å². The molecule has 0 unspecified atom stereocenters. The fourth-order valence-electron chi connectivity index (χ4n) is 2.37. The molecule has 0 aromatic heterocycles. The monoisotopic (exact) mass is 316 g/mol. The zero-order valence-corrected chi connectivity index (χ0v) is 12.1. The fourth-order valence-corrected chi connectivity index (χ4v) is 3.53. The topological polar surface area (TPSA) is 52.9 Å². The Morgan fingerprint density at radius 3 is 2.64 bits per heavy atom. The van der Waals surface area contributed by atoms with Crippen LogP contribution in [0.1, 0.15) is 27.5 Å². The summed E-state index contributed by atoms with van der Waals surface area (Å²) in [4.78, 5) is 13.2. The van der Waals surface area contributed by atoms with E-state index in [1.807, 2.05) is 24.3 Å². The Kier molecular flexibility index (Phi) is 3.82. The van der Waals surface area contributed by atoms with Gasteiger partial charge in [0.15, 0.2) is 0 Å². The van der Waals surface area contributed by atoms with Crippen molar-refractivity contribution in [2.75, 3.05) is 5.75 Å². The third kappa shape index (κ3) is 2.55. The van der Waals surface area contributed by atoms with Crippen molar-refractivity contribution in [3.05, 3.63) is 64.7 Å². The molecule has 2 aromatic carbocycles. The van der Waals surface area contributed by atoms with Gasteiger partial charge in [0, 0.05) is 10.6 Å². The number of nitriles is 1. The van der Waals surface area contributed by atoms with E-state index in [-0.39, 0.29) is 11.6 Å². The number of carbonyl (C=O) groups excluding carboxylic acids is 1. The van der Waals surface area contributed by atoms with Crippen molar-refractivity contribution >= 4 is 17.7 Å². The Morgan fingerprint density at radius 2 is 1.95 bits per heavy atom. The molecule has 0 aliphatic carbocycles. The van der Waals surface area contributed by atoms with Gasteiger partial charge in [-0.05, 0) is 23.8 Å². The maximum absolute atomic E-state index is 13.9. The molecule has 1 amide bonds. The van der Waals surface area contributed by atoms with Gasteiger partial charge in [-0.3, -0.25) is 4.79 Å². The number of rotatable bonds is 2. The summed E-state index contributed by atoms with van der Waals surface area (Å²) >= 11 is 1.58. The lowest BCUT2D eigenvalue weighted by Gasteiger charge is -2.14. The molecular formula is C16H10F2N2OS. The molecule has 22 heavy (non-hydrogen) atoms. The fraction of sp³-hybridized carbons (Fsp3) is 0.125. The number of hydrogen-bond donors (Lipinski definition) is 1. The predicted octanol–water partition coefficient (Wildman–Crippen LogP) is 3.41. The second kappa shape index (κ2) is 5.78. The summed E-state index contributed by atoms with van der Waals surface area (Å²) in [6.07, 6.45) is 0. The largest absolute Gasteiger partial charge is 0.344 e. The second-order valence-electron chi connectivity index (χ2n) is 4.80. The quantitative estimate of drug-likeness (QED) is 0.923. The van der Waals surface area contributed by atoms with E-state index in [1.165, 1.54) is 0 Å². The van der Waals surface area contributed by atoms with Crippen molar-refractivity contribution in [2.45, 2.75) is 10.9 Å². The molecule has 110 valence electrons. The summed E-state index contributed by atoms with van der Waals surface area (Å²) in [5, 5.41) is 11.3. The molecule has 0 spiro atoms. The molecule has 1 heterocycles. The van der Waals surface area contributed by atoms with Crippen LogP contribution in [0.2, 0.25) is 0 Å². The zero-order chi connectivity index (χ0) is 15.7. The second-order valence-corrected chi connectivity index (χ2v) is 5.86. The molecule has 1 atom stereocenters. The standard InChI is InChI=1S/C16H10F2N2OS/c17-11-5-9(7-19)6-12(18)15(11)16(21)20-13-8-22-14-4-2-1-3-10(13)14/h1-6,13H,8H2,(H,20,21)/t13-/m1/s1. The number of nitrogens with zero attached hydrogens (tertiary/aromatic N) is 1. The van der Waals surface area contributed by atoms with Crippen molar-refractivity contribution in [1.29, 1.82) is 5.26 Å². The third-order valence-corrected chi connectivity index (χ3v) is 4.59. The van der Waals surface area contributed by atoms with Crippen molar-refractivity contribution in [1.82, 2.24) is 5.32 Å². The highest BCUT2D eigenvalue weighted by Gasteiger charge is 2.27. The predicted molar refractivity (Wildman–Crippen MR) is 78.4 cm³/mol. The van der Waals surface area contributed by atoms with E-state index < -0.39 is 23.1 Å². The van der Waals surface area contributed by atoms with Gasteiger partial charge in [0.1, 0.15) is 17.2 Å². The van der Waals surface area contributed by atoms with Gasteiger partial charge in [0.2, 0.25) is 0 Å². The Hall–Kier alpha value is -2.39. The molecule has 2 aromatic rings. The Bertz CT molecular complexity index is 778. The summed E-state index contributed by atoms with van der Waals surface area (Å²) in [7, 11) is 0. The van der Waals surface area contributed by atoms with E-state index in [1.54, 1.807) is 17.8 Å². The minimum Gasteiger partial charge on any atom is -0.344 e. The average molecular weight is 316 g/mol. The van der Waals surface area contributed by atoms with Gasteiger partial charge in [-0.25, -0.2) is 8.78 Å². The first-order valence-corrected chi connectivity index (χ1v) is 7.50. The first-order valence-electron chi connectivity index (χ1n) is 6.52. The number of hydrogen-bond acceptors (Lipinski definition) is 3. The van der Waals surface area contributed by atoms with Crippen LogP contribution in [0.4, 0.5) is 8.78 Å². The minimum atomic E-state index is -1.03. The van der Waals surface area contributed by atoms with Crippen molar-refractivity contribution in [3.8, 4) is 6.07 Å². The summed E-state index contributed by atoms with van der Waals surface area (Å²) in [6.45, 7) is 0. The number of benzene rings is 2. The highest BCUT2D eigenvalue weighted by atomic mass is 32.2. The maximum Gasteiger partial charge on any atom is 0.257 e. The zero-order valence-electron chi connectivity index (χ0n) is 11.3. The van der Waals surface area contributed by atoms with Crippen LogP contribution in [-0.2, 0) is 0 Å². The lowest BCUT2D eigenvalue weighted by atomic mass is 10.1. The molecule has 0 bridgehead atoms. The van der Waals surface area contributed by atoms with Crippen LogP contribution in [0.5, 0.6) is 0 Å². The lowest BCUT2D eigenvalue weighted by molar-refractivity contribution is 0.0932. The number of nitrogens with one attached hydrogen (secondary N) is 1. The highest BCUT2D eigenvalue weighted by Crippen LogP contribution is 2.37. The van der Waals surface area contributed by atoms with Crippen LogP contribution in [-0.4, -0.2) is 11.7 Å². The third-order valence-electron chi connectivity index (χ3n) is 3.40. The molecule has 0 radical (unpaired) electrons. The Morgan fingerprint density at radius 1 is 1.27 bits per heavy atom. The van der Waals surface area contributed by atoms with Gasteiger partial charge in [-0.2, -0.15) is 5.26 Å². The van der Waals surface area contributed by atoms with E-state index in [2.05, 4.69) is 5.32 Å². The van der Waals surface area contributed by atoms with E-state index in [0.29, 0.717) is 5.75 Å².